The summed E-state index contributed by atoms with van der Waals surface area (Å²) in [5.41, 5.74) is 15.9. The van der Waals surface area contributed by atoms with Crippen LogP contribution >= 0.6 is 11.8 Å². The lowest BCUT2D eigenvalue weighted by molar-refractivity contribution is -0.947. The number of rotatable bonds is 3. The molecule has 0 aromatic heterocycles. The van der Waals surface area contributed by atoms with Gasteiger partial charge in [-0.05, 0) is 25.3 Å². The maximum absolute atomic E-state index is 7.05. The number of nitrogens with zero attached hydrogens (tertiary/aromatic N) is 6. The van der Waals surface area contributed by atoms with E-state index in [1.165, 1.54) is 0 Å². The van der Waals surface area contributed by atoms with Crippen molar-refractivity contribution in [3.05, 3.63) is 54.1 Å². The minimum atomic E-state index is -1.04. The van der Waals surface area contributed by atoms with Gasteiger partial charge in [0.15, 0.2) is 5.04 Å². The maximum Gasteiger partial charge on any atom is 0.325 e. The summed E-state index contributed by atoms with van der Waals surface area (Å²) >= 11 is 1.63. The fraction of sp³-hybridized carbons (Fsp3) is 0.368. The van der Waals surface area contributed by atoms with Gasteiger partial charge < -0.3 is 0 Å². The summed E-state index contributed by atoms with van der Waals surface area (Å²) in [6, 6.07) is 10.2. The summed E-state index contributed by atoms with van der Waals surface area (Å²) in [7, 11) is 6.00. The molecule has 4 aliphatic rings. The molecule has 0 aliphatic carbocycles. The minimum Gasteiger partial charge on any atom is -0.264 e. The van der Waals surface area contributed by atoms with Gasteiger partial charge in [0.25, 0.3) is 12.1 Å². The van der Waals surface area contributed by atoms with Gasteiger partial charge in [-0.2, -0.15) is 5.32 Å². The Labute approximate surface area is 180 Å². The van der Waals surface area contributed by atoms with Crippen molar-refractivity contribution in [1.82, 2.24) is 21.2 Å². The Kier molecular flexibility index (Phi) is 4.10. The SMILES string of the molecule is CSC1=N[N+]2(C)C(=C1)NN(c1ccccc1)C2NC1(N)N(C)NC2=CC(C)=N[N+]21C. The Morgan fingerprint density at radius 1 is 1.13 bits per heavy atom. The summed E-state index contributed by atoms with van der Waals surface area (Å²) in [6.45, 7) is 1.98. The highest BCUT2D eigenvalue weighted by atomic mass is 32.2. The van der Waals surface area contributed by atoms with Crippen LogP contribution < -0.4 is 26.9 Å². The number of benzene rings is 1. The number of hydrogen-bond acceptors (Lipinski definition) is 9. The zero-order chi connectivity index (χ0) is 21.3. The van der Waals surface area contributed by atoms with Gasteiger partial charge in [-0.25, -0.2) is 16.2 Å². The Hall–Kier alpha value is -2.41. The molecule has 0 amide bonds. The number of fused-ring (bicyclic) bond motifs is 2. The van der Waals surface area contributed by atoms with Gasteiger partial charge >= 0.3 is 5.91 Å². The predicted octanol–water partition coefficient (Wildman–Crippen LogP) is 0.560. The number of nitrogens with one attached hydrogen (secondary N) is 3. The second kappa shape index (κ2) is 6.30. The Morgan fingerprint density at radius 2 is 1.87 bits per heavy atom. The highest BCUT2D eigenvalue weighted by molar-refractivity contribution is 8.13. The molecule has 0 saturated carbocycles. The number of anilines is 1. The normalized spacial score (nSPS) is 37.1. The van der Waals surface area contributed by atoms with Gasteiger partial charge in [0.2, 0.25) is 5.82 Å². The molecule has 0 spiro atoms. The fourth-order valence-electron chi connectivity index (χ4n) is 4.42. The number of nitrogens with two attached hydrogens (primary N) is 1. The van der Waals surface area contributed by atoms with E-state index in [2.05, 4.69) is 46.4 Å². The monoisotopic (exact) mass is 428 g/mol. The van der Waals surface area contributed by atoms with E-state index in [1.807, 2.05) is 56.6 Å². The Bertz CT molecular complexity index is 1020. The molecule has 30 heavy (non-hydrogen) atoms. The second-order valence-electron chi connectivity index (χ2n) is 8.16. The standard InChI is InChI=1S/C19H28N10S/c1-13-11-16-22-26(2)19(20,29(16,4)24-13)21-18-27(14-9-7-6-8-10-14)23-15-12-17(30-5)25-28(15,18)3/h6-12,18,21-23H,20H2,1-5H3/q+2. The van der Waals surface area contributed by atoms with E-state index in [4.69, 9.17) is 15.9 Å². The molecule has 10 nitrogen and oxygen atoms in total. The van der Waals surface area contributed by atoms with E-state index in [0.717, 1.165) is 28.1 Å². The smallest absolute Gasteiger partial charge is 0.264 e. The zero-order valence-electron chi connectivity index (χ0n) is 17.8. The number of para-hydroxylation sites is 1. The van der Waals surface area contributed by atoms with E-state index in [1.54, 1.807) is 11.8 Å². The third kappa shape index (κ3) is 2.44. The third-order valence-corrected chi connectivity index (χ3v) is 6.84. The third-order valence-electron chi connectivity index (χ3n) is 6.22. The van der Waals surface area contributed by atoms with Crippen molar-refractivity contribution >= 4 is 28.2 Å². The summed E-state index contributed by atoms with van der Waals surface area (Å²) in [5.74, 6) is 0.866. The van der Waals surface area contributed by atoms with E-state index in [9.17, 15) is 0 Å². The van der Waals surface area contributed by atoms with Crippen LogP contribution in [0.5, 0.6) is 0 Å². The molecule has 2 fully saturated rings. The lowest BCUT2D eigenvalue weighted by atomic mass is 10.3. The number of thioether (sulfide) groups is 1. The maximum atomic E-state index is 7.05. The summed E-state index contributed by atoms with van der Waals surface area (Å²) in [5, 5.41) is 18.4. The van der Waals surface area contributed by atoms with Crippen LogP contribution in [0.4, 0.5) is 5.69 Å². The van der Waals surface area contributed by atoms with Crippen molar-refractivity contribution in [3.8, 4) is 0 Å². The summed E-state index contributed by atoms with van der Waals surface area (Å²) in [4.78, 5) is 0. The topological polar surface area (TPSA) is 93.3 Å². The lowest BCUT2D eigenvalue weighted by Crippen LogP contribution is -2.79. The van der Waals surface area contributed by atoms with Crippen LogP contribution in [0.2, 0.25) is 0 Å². The molecular formula is C19H28N10S+2. The molecule has 4 heterocycles. The fourth-order valence-corrected chi connectivity index (χ4v) is 4.90. The highest BCUT2D eigenvalue weighted by Gasteiger charge is 2.66. The lowest BCUT2D eigenvalue weighted by Gasteiger charge is -2.41. The van der Waals surface area contributed by atoms with Gasteiger partial charge in [0.1, 0.15) is 19.8 Å². The zero-order valence-corrected chi connectivity index (χ0v) is 18.6. The number of allylic oxidation sites excluding steroid dienone is 1. The summed E-state index contributed by atoms with van der Waals surface area (Å²) in [6.07, 6.45) is 5.83. The van der Waals surface area contributed by atoms with Crippen molar-refractivity contribution < 1.29 is 9.18 Å². The van der Waals surface area contributed by atoms with E-state index < -0.39 is 5.91 Å². The van der Waals surface area contributed by atoms with Gasteiger partial charge in [-0.3, -0.25) is 5.43 Å². The van der Waals surface area contributed by atoms with Crippen LogP contribution in [0, 0.1) is 0 Å². The molecule has 11 heteroatoms. The van der Waals surface area contributed by atoms with Crippen LogP contribution in [0.3, 0.4) is 0 Å². The van der Waals surface area contributed by atoms with Crippen LogP contribution in [-0.2, 0) is 0 Å². The van der Waals surface area contributed by atoms with Crippen molar-refractivity contribution in [2.75, 3.05) is 32.4 Å². The van der Waals surface area contributed by atoms with Gasteiger partial charge in [-0.15, -0.1) is 26.0 Å². The first-order valence-electron chi connectivity index (χ1n) is 9.78. The first kappa shape index (κ1) is 19.5. The van der Waals surface area contributed by atoms with Crippen molar-refractivity contribution in [2.45, 2.75) is 19.1 Å². The van der Waals surface area contributed by atoms with Gasteiger partial charge in [0.05, 0.1) is 11.8 Å². The molecule has 4 unspecified atom stereocenters. The molecule has 0 radical (unpaired) electrons. The molecule has 1 aromatic carbocycles. The average Bonchev–Trinajstić information content (AvgIpc) is 3.33. The molecule has 5 N–H and O–H groups in total. The number of hydrazine groups is 2. The van der Waals surface area contributed by atoms with Crippen LogP contribution in [-0.4, -0.2) is 64.5 Å². The molecule has 2 saturated heterocycles. The summed E-state index contributed by atoms with van der Waals surface area (Å²) < 4.78 is 0.451. The minimum absolute atomic E-state index is 0.159. The van der Waals surface area contributed by atoms with E-state index in [-0.39, 0.29) is 10.9 Å². The molecule has 4 atom stereocenters. The van der Waals surface area contributed by atoms with Gasteiger partial charge in [-0.1, -0.05) is 28.4 Å². The quantitative estimate of drug-likeness (QED) is 0.413. The predicted molar refractivity (Wildman–Crippen MR) is 119 cm³/mol. The Balaban J connectivity index is 1.59. The van der Waals surface area contributed by atoms with Crippen molar-refractivity contribution in [1.29, 1.82) is 0 Å². The molecule has 5 rings (SSSR count). The van der Waals surface area contributed by atoms with Gasteiger partial charge in [0, 0.05) is 13.1 Å². The largest absolute Gasteiger partial charge is 0.325 e. The molecule has 4 aliphatic heterocycles. The van der Waals surface area contributed by atoms with Crippen LogP contribution in [0.1, 0.15) is 6.92 Å². The second-order valence-corrected chi connectivity index (χ2v) is 8.99. The number of quaternary nitrogens is 2. The van der Waals surface area contributed by atoms with Crippen molar-refractivity contribution in [3.63, 3.8) is 0 Å². The van der Waals surface area contributed by atoms with Crippen molar-refractivity contribution in [2.24, 2.45) is 15.9 Å². The van der Waals surface area contributed by atoms with Crippen LogP contribution in [0.15, 0.2) is 64.3 Å². The highest BCUT2D eigenvalue weighted by Crippen LogP contribution is 2.40. The van der Waals surface area contributed by atoms with Crippen LogP contribution in [0.25, 0.3) is 0 Å². The Morgan fingerprint density at radius 3 is 2.57 bits per heavy atom. The molecule has 0 bridgehead atoms. The average molecular weight is 429 g/mol. The number of hydrogen-bond donors (Lipinski definition) is 4. The first-order valence-corrected chi connectivity index (χ1v) is 11.0. The van der Waals surface area contributed by atoms with E-state index in [0.29, 0.717) is 4.59 Å². The molecule has 158 valence electrons. The van der Waals surface area contributed by atoms with E-state index >= 15 is 0 Å². The molecule has 1 aromatic rings. The molecular weight excluding hydrogens is 400 g/mol. The first-order chi connectivity index (χ1) is 14.2.